The van der Waals surface area contributed by atoms with Crippen molar-refractivity contribution in [3.63, 3.8) is 0 Å². The molecule has 3 amide bonds. The number of hydrogen-bond acceptors (Lipinski definition) is 3. The van der Waals surface area contributed by atoms with Crippen molar-refractivity contribution in [3.8, 4) is 5.75 Å². The SMILES string of the molecule is COc1ccc(Cl)cc1C(=O)N1CCN(C(=O)NC2CCCC2)CC1. The van der Waals surface area contributed by atoms with Gasteiger partial charge in [-0.25, -0.2) is 4.79 Å². The summed E-state index contributed by atoms with van der Waals surface area (Å²) in [5.74, 6) is 0.394. The van der Waals surface area contributed by atoms with Gasteiger partial charge in [0.1, 0.15) is 5.75 Å². The van der Waals surface area contributed by atoms with Crippen LogP contribution in [0.2, 0.25) is 5.02 Å². The quantitative estimate of drug-likeness (QED) is 0.895. The van der Waals surface area contributed by atoms with Gasteiger partial charge in [0, 0.05) is 37.2 Å². The summed E-state index contributed by atoms with van der Waals surface area (Å²) in [5.41, 5.74) is 0.457. The Morgan fingerprint density at radius 3 is 2.40 bits per heavy atom. The molecule has 1 saturated carbocycles. The zero-order valence-corrected chi connectivity index (χ0v) is 15.2. The van der Waals surface area contributed by atoms with Crippen molar-refractivity contribution in [1.29, 1.82) is 0 Å². The van der Waals surface area contributed by atoms with Gasteiger partial charge in [0.2, 0.25) is 0 Å². The van der Waals surface area contributed by atoms with Crippen LogP contribution in [0.4, 0.5) is 4.79 Å². The Labute approximate surface area is 153 Å². The molecule has 0 bridgehead atoms. The van der Waals surface area contributed by atoms with Crippen LogP contribution in [0.25, 0.3) is 0 Å². The maximum absolute atomic E-state index is 12.8. The molecule has 136 valence electrons. The van der Waals surface area contributed by atoms with Gasteiger partial charge in [0.05, 0.1) is 12.7 Å². The van der Waals surface area contributed by atoms with Crippen LogP contribution in [-0.4, -0.2) is 61.1 Å². The minimum absolute atomic E-state index is 0.0145. The Kier molecular flexibility index (Phi) is 5.68. The second-order valence-corrected chi connectivity index (χ2v) is 6.99. The van der Waals surface area contributed by atoms with E-state index in [2.05, 4.69) is 5.32 Å². The number of piperazine rings is 1. The minimum Gasteiger partial charge on any atom is -0.496 e. The molecule has 7 heteroatoms. The molecule has 2 aliphatic rings. The van der Waals surface area contributed by atoms with Crippen LogP contribution in [-0.2, 0) is 0 Å². The molecule has 3 rings (SSSR count). The van der Waals surface area contributed by atoms with E-state index < -0.39 is 0 Å². The maximum atomic E-state index is 12.8. The Balaban J connectivity index is 1.57. The lowest BCUT2D eigenvalue weighted by atomic mass is 10.1. The molecule has 0 radical (unpaired) electrons. The molecule has 6 nitrogen and oxygen atoms in total. The Bertz CT molecular complexity index is 638. The molecule has 25 heavy (non-hydrogen) atoms. The van der Waals surface area contributed by atoms with E-state index in [1.165, 1.54) is 20.0 Å². The number of benzene rings is 1. The third-order valence-corrected chi connectivity index (χ3v) is 5.16. The van der Waals surface area contributed by atoms with Gasteiger partial charge >= 0.3 is 6.03 Å². The molecule has 1 N–H and O–H groups in total. The van der Waals surface area contributed by atoms with Crippen LogP contribution in [0.5, 0.6) is 5.75 Å². The highest BCUT2D eigenvalue weighted by molar-refractivity contribution is 6.31. The lowest BCUT2D eigenvalue weighted by molar-refractivity contribution is 0.0660. The van der Waals surface area contributed by atoms with Gasteiger partial charge in [-0.1, -0.05) is 24.4 Å². The van der Waals surface area contributed by atoms with Gasteiger partial charge in [-0.15, -0.1) is 0 Å². The zero-order valence-electron chi connectivity index (χ0n) is 14.5. The Hall–Kier alpha value is -1.95. The summed E-state index contributed by atoms with van der Waals surface area (Å²) in [6.45, 7) is 2.08. The van der Waals surface area contributed by atoms with E-state index in [0.29, 0.717) is 48.6 Å². The molecule has 1 aromatic rings. The predicted molar refractivity (Wildman–Crippen MR) is 96.3 cm³/mol. The highest BCUT2D eigenvalue weighted by Gasteiger charge is 2.28. The van der Waals surface area contributed by atoms with Crippen molar-refractivity contribution < 1.29 is 14.3 Å². The maximum Gasteiger partial charge on any atom is 0.317 e. The molecule has 0 unspecified atom stereocenters. The number of carbonyl (C=O) groups is 2. The van der Waals surface area contributed by atoms with E-state index in [-0.39, 0.29) is 11.9 Å². The normalized spacial score (nSPS) is 18.3. The molecule has 1 saturated heterocycles. The second-order valence-electron chi connectivity index (χ2n) is 6.55. The van der Waals surface area contributed by atoms with Crippen LogP contribution in [0.15, 0.2) is 18.2 Å². The van der Waals surface area contributed by atoms with E-state index >= 15 is 0 Å². The molecule has 0 spiro atoms. The van der Waals surface area contributed by atoms with Crippen LogP contribution in [0, 0.1) is 0 Å². The molecular weight excluding hydrogens is 342 g/mol. The zero-order chi connectivity index (χ0) is 17.8. The van der Waals surface area contributed by atoms with E-state index in [9.17, 15) is 9.59 Å². The van der Waals surface area contributed by atoms with E-state index in [4.69, 9.17) is 16.3 Å². The summed E-state index contributed by atoms with van der Waals surface area (Å²) < 4.78 is 5.27. The number of carbonyl (C=O) groups excluding carboxylic acids is 2. The third-order valence-electron chi connectivity index (χ3n) is 4.93. The fourth-order valence-electron chi connectivity index (χ4n) is 3.47. The average Bonchev–Trinajstić information content (AvgIpc) is 3.14. The summed E-state index contributed by atoms with van der Waals surface area (Å²) in [4.78, 5) is 28.6. The van der Waals surface area contributed by atoms with Crippen molar-refractivity contribution in [1.82, 2.24) is 15.1 Å². The average molecular weight is 366 g/mol. The van der Waals surface area contributed by atoms with Gasteiger partial charge in [0.15, 0.2) is 0 Å². The summed E-state index contributed by atoms with van der Waals surface area (Å²) >= 11 is 6.02. The van der Waals surface area contributed by atoms with Crippen LogP contribution < -0.4 is 10.1 Å². The predicted octanol–water partition coefficient (Wildman–Crippen LogP) is 2.76. The number of urea groups is 1. The Morgan fingerprint density at radius 2 is 1.76 bits per heavy atom. The number of nitrogens with one attached hydrogen (secondary N) is 1. The largest absolute Gasteiger partial charge is 0.496 e. The third kappa shape index (κ3) is 4.18. The monoisotopic (exact) mass is 365 g/mol. The van der Waals surface area contributed by atoms with Crippen molar-refractivity contribution in [2.75, 3.05) is 33.3 Å². The first-order valence-electron chi connectivity index (χ1n) is 8.76. The van der Waals surface area contributed by atoms with Crippen molar-refractivity contribution in [3.05, 3.63) is 28.8 Å². The molecule has 1 heterocycles. The molecule has 2 fully saturated rings. The van der Waals surface area contributed by atoms with Crippen LogP contribution >= 0.6 is 11.6 Å². The van der Waals surface area contributed by atoms with Gasteiger partial charge in [-0.3, -0.25) is 4.79 Å². The summed E-state index contributed by atoms with van der Waals surface area (Å²) in [5, 5.41) is 3.59. The summed E-state index contributed by atoms with van der Waals surface area (Å²) in [6.07, 6.45) is 4.51. The smallest absolute Gasteiger partial charge is 0.317 e. The number of hydrogen-bond donors (Lipinski definition) is 1. The van der Waals surface area contributed by atoms with Crippen LogP contribution in [0.1, 0.15) is 36.0 Å². The van der Waals surface area contributed by atoms with E-state index in [1.807, 2.05) is 0 Å². The number of nitrogens with zero attached hydrogens (tertiary/aromatic N) is 2. The number of halogens is 1. The van der Waals surface area contributed by atoms with Gasteiger partial charge in [-0.2, -0.15) is 0 Å². The number of amides is 3. The summed E-state index contributed by atoms with van der Waals surface area (Å²) in [6, 6.07) is 5.31. The highest BCUT2D eigenvalue weighted by Crippen LogP contribution is 2.24. The van der Waals surface area contributed by atoms with E-state index in [0.717, 1.165) is 12.8 Å². The Morgan fingerprint density at radius 1 is 1.12 bits per heavy atom. The fourth-order valence-corrected chi connectivity index (χ4v) is 3.64. The minimum atomic E-state index is -0.116. The van der Waals surface area contributed by atoms with Crippen molar-refractivity contribution in [2.45, 2.75) is 31.7 Å². The fraction of sp³-hybridized carbons (Fsp3) is 0.556. The lowest BCUT2D eigenvalue weighted by Gasteiger charge is -2.35. The highest BCUT2D eigenvalue weighted by atomic mass is 35.5. The first-order valence-corrected chi connectivity index (χ1v) is 9.14. The number of methoxy groups -OCH3 is 1. The lowest BCUT2D eigenvalue weighted by Crippen LogP contribution is -2.54. The molecule has 0 atom stereocenters. The molecule has 1 aliphatic heterocycles. The number of rotatable bonds is 3. The van der Waals surface area contributed by atoms with Gasteiger partial charge in [-0.05, 0) is 31.0 Å². The first kappa shape index (κ1) is 17.9. The topological polar surface area (TPSA) is 61.9 Å². The van der Waals surface area contributed by atoms with Crippen LogP contribution in [0.3, 0.4) is 0 Å². The van der Waals surface area contributed by atoms with Crippen molar-refractivity contribution >= 4 is 23.5 Å². The molecule has 0 aromatic heterocycles. The van der Waals surface area contributed by atoms with Gasteiger partial charge < -0.3 is 19.9 Å². The number of ether oxygens (including phenoxy) is 1. The molecule has 1 aliphatic carbocycles. The second kappa shape index (κ2) is 7.95. The standard InChI is InChI=1S/C18H24ClN3O3/c1-25-16-7-6-13(19)12-15(16)17(23)21-8-10-22(11-9-21)18(24)20-14-4-2-3-5-14/h6-7,12,14H,2-5,8-11H2,1H3,(H,20,24). The van der Waals surface area contributed by atoms with Gasteiger partial charge in [0.25, 0.3) is 5.91 Å². The molecular formula is C18H24ClN3O3. The van der Waals surface area contributed by atoms with Crippen molar-refractivity contribution in [2.24, 2.45) is 0 Å². The molecule has 1 aromatic carbocycles. The first-order chi connectivity index (χ1) is 12.1. The van der Waals surface area contributed by atoms with E-state index in [1.54, 1.807) is 28.0 Å². The summed E-state index contributed by atoms with van der Waals surface area (Å²) in [7, 11) is 1.53.